The molecule has 0 radical (unpaired) electrons. The van der Waals surface area contributed by atoms with Crippen molar-refractivity contribution in [3.63, 3.8) is 0 Å². The summed E-state index contributed by atoms with van der Waals surface area (Å²) in [4.78, 5) is 0. The van der Waals surface area contributed by atoms with E-state index in [4.69, 9.17) is 0 Å². The third kappa shape index (κ3) is 3.22. The van der Waals surface area contributed by atoms with Gasteiger partial charge in [0.2, 0.25) is 0 Å². The standard InChI is InChI=1S/C18H29N/c1-3-5-16-10-12-18(14-19,13-11-16)17-8-6-15(4-2)7-9-17/h8,15-16H,3-7,9-13H2,1-2H3/t15-,16-,18+/m0/s1. The fourth-order valence-corrected chi connectivity index (χ4v) is 4.07. The van der Waals surface area contributed by atoms with Crippen LogP contribution in [-0.4, -0.2) is 0 Å². The third-order valence-electron chi connectivity index (χ3n) is 5.58. The van der Waals surface area contributed by atoms with E-state index in [0.717, 1.165) is 24.7 Å². The molecule has 106 valence electrons. The Morgan fingerprint density at radius 2 is 1.95 bits per heavy atom. The van der Waals surface area contributed by atoms with E-state index in [0.29, 0.717) is 0 Å². The van der Waals surface area contributed by atoms with Crippen molar-refractivity contribution in [1.29, 1.82) is 5.26 Å². The van der Waals surface area contributed by atoms with Gasteiger partial charge in [-0.15, -0.1) is 0 Å². The summed E-state index contributed by atoms with van der Waals surface area (Å²) in [5.74, 6) is 1.76. The van der Waals surface area contributed by atoms with Crippen LogP contribution in [0.1, 0.15) is 78.1 Å². The number of nitrogens with zero attached hydrogens (tertiary/aromatic N) is 1. The highest BCUT2D eigenvalue weighted by molar-refractivity contribution is 5.26. The molecular formula is C18H29N. The van der Waals surface area contributed by atoms with Gasteiger partial charge in [0.05, 0.1) is 11.5 Å². The van der Waals surface area contributed by atoms with Gasteiger partial charge in [0.1, 0.15) is 0 Å². The molecule has 0 aromatic heterocycles. The van der Waals surface area contributed by atoms with Gasteiger partial charge in [-0.25, -0.2) is 0 Å². The van der Waals surface area contributed by atoms with Crippen LogP contribution in [0.15, 0.2) is 11.6 Å². The monoisotopic (exact) mass is 259 g/mol. The molecule has 0 amide bonds. The maximum absolute atomic E-state index is 9.74. The summed E-state index contributed by atoms with van der Waals surface area (Å²) in [6.45, 7) is 4.57. The Labute approximate surface area is 119 Å². The summed E-state index contributed by atoms with van der Waals surface area (Å²) >= 11 is 0. The lowest BCUT2D eigenvalue weighted by atomic mass is 9.64. The molecule has 1 fully saturated rings. The summed E-state index contributed by atoms with van der Waals surface area (Å²) in [6.07, 6.45) is 14.9. The second-order valence-corrected chi connectivity index (χ2v) is 6.70. The van der Waals surface area contributed by atoms with E-state index in [2.05, 4.69) is 26.0 Å². The van der Waals surface area contributed by atoms with Crippen molar-refractivity contribution < 1.29 is 0 Å². The first-order valence-electron chi connectivity index (χ1n) is 8.34. The molecule has 0 aromatic carbocycles. The summed E-state index contributed by atoms with van der Waals surface area (Å²) < 4.78 is 0. The topological polar surface area (TPSA) is 23.8 Å². The fraction of sp³-hybridized carbons (Fsp3) is 0.833. The maximum atomic E-state index is 9.74. The molecule has 0 unspecified atom stereocenters. The van der Waals surface area contributed by atoms with Crippen molar-refractivity contribution in [2.75, 3.05) is 0 Å². The molecule has 1 heteroatoms. The van der Waals surface area contributed by atoms with E-state index in [1.807, 2.05) is 0 Å². The fourth-order valence-electron chi connectivity index (χ4n) is 4.07. The van der Waals surface area contributed by atoms with Gasteiger partial charge in [-0.3, -0.25) is 0 Å². The molecule has 2 aliphatic carbocycles. The molecule has 0 heterocycles. The van der Waals surface area contributed by atoms with Crippen molar-refractivity contribution >= 4 is 0 Å². The highest BCUT2D eigenvalue weighted by Crippen LogP contribution is 2.48. The average molecular weight is 259 g/mol. The Morgan fingerprint density at radius 3 is 2.42 bits per heavy atom. The van der Waals surface area contributed by atoms with Crippen molar-refractivity contribution in [2.45, 2.75) is 78.1 Å². The van der Waals surface area contributed by atoms with Crippen LogP contribution in [0, 0.1) is 28.6 Å². The van der Waals surface area contributed by atoms with Crippen molar-refractivity contribution in [2.24, 2.45) is 17.3 Å². The van der Waals surface area contributed by atoms with Gasteiger partial charge >= 0.3 is 0 Å². The Kier molecular flexibility index (Phi) is 5.08. The van der Waals surface area contributed by atoms with Crippen LogP contribution < -0.4 is 0 Å². The largest absolute Gasteiger partial charge is 0.197 e. The minimum atomic E-state index is -0.0804. The maximum Gasteiger partial charge on any atom is 0.0782 e. The summed E-state index contributed by atoms with van der Waals surface area (Å²) in [5, 5.41) is 9.74. The van der Waals surface area contributed by atoms with Gasteiger partial charge in [0, 0.05) is 0 Å². The first-order chi connectivity index (χ1) is 9.24. The zero-order valence-electron chi connectivity index (χ0n) is 12.8. The van der Waals surface area contributed by atoms with Crippen molar-refractivity contribution in [1.82, 2.24) is 0 Å². The molecule has 0 spiro atoms. The van der Waals surface area contributed by atoms with Gasteiger partial charge in [-0.2, -0.15) is 5.26 Å². The van der Waals surface area contributed by atoms with Crippen LogP contribution in [0.25, 0.3) is 0 Å². The van der Waals surface area contributed by atoms with Gasteiger partial charge < -0.3 is 0 Å². The molecule has 0 N–H and O–H groups in total. The molecule has 1 atom stereocenters. The predicted molar refractivity (Wildman–Crippen MR) is 80.6 cm³/mol. The lowest BCUT2D eigenvalue weighted by Gasteiger charge is -2.39. The van der Waals surface area contributed by atoms with Crippen LogP contribution >= 0.6 is 0 Å². The number of allylic oxidation sites excluding steroid dienone is 2. The van der Waals surface area contributed by atoms with Gasteiger partial charge in [-0.1, -0.05) is 44.8 Å². The first kappa shape index (κ1) is 14.6. The molecule has 0 aliphatic heterocycles. The Bertz CT molecular complexity index is 352. The van der Waals surface area contributed by atoms with E-state index in [9.17, 15) is 5.26 Å². The average Bonchev–Trinajstić information content (AvgIpc) is 2.49. The molecule has 2 rings (SSSR count). The Hall–Kier alpha value is -0.770. The number of nitriles is 1. The molecular weight excluding hydrogens is 230 g/mol. The van der Waals surface area contributed by atoms with Crippen molar-refractivity contribution in [3.05, 3.63) is 11.6 Å². The van der Waals surface area contributed by atoms with Crippen LogP contribution in [0.2, 0.25) is 0 Å². The quantitative estimate of drug-likeness (QED) is 0.601. The predicted octanol–water partition coefficient (Wildman–Crippen LogP) is 5.62. The molecule has 19 heavy (non-hydrogen) atoms. The lowest BCUT2D eigenvalue weighted by molar-refractivity contribution is 0.224. The van der Waals surface area contributed by atoms with Gasteiger partial charge in [0.25, 0.3) is 0 Å². The molecule has 0 aromatic rings. The molecule has 1 saturated carbocycles. The number of rotatable bonds is 4. The van der Waals surface area contributed by atoms with E-state index in [-0.39, 0.29) is 5.41 Å². The molecule has 1 nitrogen and oxygen atoms in total. The van der Waals surface area contributed by atoms with Crippen LogP contribution in [0.5, 0.6) is 0 Å². The van der Waals surface area contributed by atoms with Gasteiger partial charge in [0.15, 0.2) is 0 Å². The van der Waals surface area contributed by atoms with Crippen molar-refractivity contribution in [3.8, 4) is 6.07 Å². The molecule has 2 aliphatic rings. The third-order valence-corrected chi connectivity index (χ3v) is 5.58. The van der Waals surface area contributed by atoms with E-state index < -0.39 is 0 Å². The normalized spacial score (nSPS) is 35.5. The highest BCUT2D eigenvalue weighted by atomic mass is 14.4. The van der Waals surface area contributed by atoms with E-state index in [1.54, 1.807) is 0 Å². The molecule has 0 bridgehead atoms. The highest BCUT2D eigenvalue weighted by Gasteiger charge is 2.39. The summed E-state index contributed by atoms with van der Waals surface area (Å²) in [7, 11) is 0. The van der Waals surface area contributed by atoms with Crippen LogP contribution in [0.3, 0.4) is 0 Å². The number of hydrogen-bond donors (Lipinski definition) is 0. The molecule has 0 saturated heterocycles. The van der Waals surface area contributed by atoms with Crippen LogP contribution in [-0.2, 0) is 0 Å². The lowest BCUT2D eigenvalue weighted by Crippen LogP contribution is -2.29. The number of hydrogen-bond acceptors (Lipinski definition) is 1. The smallest absolute Gasteiger partial charge is 0.0782 e. The van der Waals surface area contributed by atoms with Crippen LogP contribution in [0.4, 0.5) is 0 Å². The van der Waals surface area contributed by atoms with E-state index >= 15 is 0 Å². The van der Waals surface area contributed by atoms with Gasteiger partial charge in [-0.05, 0) is 56.8 Å². The SMILES string of the molecule is CCC[C@H]1CC[C@@](C#N)(C2=CC[C@H](CC)CC2)CC1. The summed E-state index contributed by atoms with van der Waals surface area (Å²) in [5.41, 5.74) is 1.41. The zero-order valence-corrected chi connectivity index (χ0v) is 12.8. The Morgan fingerprint density at radius 1 is 1.21 bits per heavy atom. The second-order valence-electron chi connectivity index (χ2n) is 6.70. The minimum absolute atomic E-state index is 0.0804. The second kappa shape index (κ2) is 6.60. The Balaban J connectivity index is 2.01. The summed E-state index contributed by atoms with van der Waals surface area (Å²) in [6, 6.07) is 2.71. The van der Waals surface area contributed by atoms with E-state index in [1.165, 1.54) is 56.9 Å². The minimum Gasteiger partial charge on any atom is -0.197 e. The first-order valence-corrected chi connectivity index (χ1v) is 8.34. The zero-order chi connectivity index (χ0) is 13.7.